The second kappa shape index (κ2) is 4.62. The number of anilines is 2. The molecule has 0 fully saturated rings. The van der Waals surface area contributed by atoms with Crippen LogP contribution in [0.3, 0.4) is 0 Å². The second-order valence-corrected chi connectivity index (χ2v) is 4.86. The fourth-order valence-corrected chi connectivity index (χ4v) is 2.42. The van der Waals surface area contributed by atoms with Crippen molar-refractivity contribution in [1.29, 1.82) is 0 Å². The van der Waals surface area contributed by atoms with Crippen molar-refractivity contribution in [2.45, 2.75) is 6.54 Å². The van der Waals surface area contributed by atoms with E-state index in [1.54, 1.807) is 17.5 Å². The van der Waals surface area contributed by atoms with Crippen molar-refractivity contribution < 1.29 is 0 Å². The lowest BCUT2D eigenvalue weighted by atomic mass is 10.1. The molecule has 0 bridgehead atoms. The van der Waals surface area contributed by atoms with E-state index >= 15 is 0 Å². The number of hydrogen-bond acceptors (Lipinski definition) is 5. The van der Waals surface area contributed by atoms with Gasteiger partial charge in [0.25, 0.3) is 0 Å². The molecule has 0 spiro atoms. The monoisotopic (exact) mass is 256 g/mol. The maximum absolute atomic E-state index is 5.92. The first-order valence-electron chi connectivity index (χ1n) is 5.60. The molecule has 2 aromatic heterocycles. The first-order valence-corrected chi connectivity index (χ1v) is 6.48. The summed E-state index contributed by atoms with van der Waals surface area (Å²) in [5.74, 6) is 0. The van der Waals surface area contributed by atoms with Crippen molar-refractivity contribution in [3.8, 4) is 0 Å². The lowest BCUT2D eigenvalue weighted by molar-refractivity contribution is 1.11. The van der Waals surface area contributed by atoms with E-state index in [2.05, 4.69) is 15.3 Å². The smallest absolute Gasteiger partial charge is 0.112 e. The normalized spacial score (nSPS) is 10.7. The Hall–Kier alpha value is -2.14. The number of aromatic nitrogens is 2. The van der Waals surface area contributed by atoms with Crippen LogP contribution in [0.4, 0.5) is 11.4 Å². The summed E-state index contributed by atoms with van der Waals surface area (Å²) >= 11 is 1.64. The van der Waals surface area contributed by atoms with Gasteiger partial charge >= 0.3 is 0 Å². The topological polar surface area (TPSA) is 63.8 Å². The number of nitrogens with zero attached hydrogens (tertiary/aromatic N) is 2. The number of thiazole rings is 1. The Kier molecular flexibility index (Phi) is 2.82. The van der Waals surface area contributed by atoms with Gasteiger partial charge in [0.2, 0.25) is 0 Å². The third-order valence-electron chi connectivity index (χ3n) is 2.72. The second-order valence-electron chi connectivity index (χ2n) is 3.88. The maximum atomic E-state index is 5.92. The lowest BCUT2D eigenvalue weighted by Gasteiger charge is -2.09. The molecule has 4 nitrogen and oxygen atoms in total. The Balaban J connectivity index is 1.94. The Labute approximate surface area is 109 Å². The minimum atomic E-state index is 0.699. The number of benzene rings is 1. The van der Waals surface area contributed by atoms with Crippen LogP contribution in [0.25, 0.3) is 10.9 Å². The Morgan fingerprint density at radius 1 is 1.17 bits per heavy atom. The SMILES string of the molecule is Nc1cccc2c(NCc3nccs3)ccnc12. The third kappa shape index (κ3) is 2.00. The van der Waals surface area contributed by atoms with E-state index in [-0.39, 0.29) is 0 Å². The molecule has 0 amide bonds. The van der Waals surface area contributed by atoms with Gasteiger partial charge in [-0.2, -0.15) is 0 Å². The predicted molar refractivity (Wildman–Crippen MR) is 75.6 cm³/mol. The van der Waals surface area contributed by atoms with Crippen LogP contribution < -0.4 is 11.1 Å². The molecule has 3 N–H and O–H groups in total. The standard InChI is InChI=1S/C13H12N4S/c14-10-3-1-2-9-11(4-5-16-13(9)10)17-8-12-15-6-7-18-12/h1-7H,8,14H2,(H,16,17). The minimum Gasteiger partial charge on any atom is -0.397 e. The summed E-state index contributed by atoms with van der Waals surface area (Å²) < 4.78 is 0. The van der Waals surface area contributed by atoms with Crippen molar-refractivity contribution in [2.75, 3.05) is 11.1 Å². The third-order valence-corrected chi connectivity index (χ3v) is 3.50. The van der Waals surface area contributed by atoms with Gasteiger partial charge in [-0.15, -0.1) is 11.3 Å². The summed E-state index contributed by atoms with van der Waals surface area (Å²) in [6.07, 6.45) is 3.58. The fourth-order valence-electron chi connectivity index (χ4n) is 1.86. The summed E-state index contributed by atoms with van der Waals surface area (Å²) in [6, 6.07) is 7.77. The van der Waals surface area contributed by atoms with Crippen molar-refractivity contribution in [1.82, 2.24) is 9.97 Å². The van der Waals surface area contributed by atoms with Crippen LogP contribution >= 0.6 is 11.3 Å². The molecular formula is C13H12N4S. The zero-order valence-corrected chi connectivity index (χ0v) is 10.4. The molecular weight excluding hydrogens is 244 g/mol. The van der Waals surface area contributed by atoms with E-state index in [0.717, 1.165) is 21.6 Å². The van der Waals surface area contributed by atoms with Gasteiger partial charge in [0.1, 0.15) is 5.01 Å². The highest BCUT2D eigenvalue weighted by molar-refractivity contribution is 7.09. The number of pyridine rings is 1. The van der Waals surface area contributed by atoms with Gasteiger partial charge < -0.3 is 11.1 Å². The molecule has 0 aliphatic carbocycles. The quantitative estimate of drug-likeness (QED) is 0.707. The number of rotatable bonds is 3. The average Bonchev–Trinajstić information content (AvgIpc) is 2.90. The van der Waals surface area contributed by atoms with Crippen LogP contribution in [0.5, 0.6) is 0 Å². The van der Waals surface area contributed by atoms with Crippen LogP contribution in [0.15, 0.2) is 42.0 Å². The number of fused-ring (bicyclic) bond motifs is 1. The van der Waals surface area contributed by atoms with Gasteiger partial charge in [0.05, 0.1) is 17.7 Å². The summed E-state index contributed by atoms with van der Waals surface area (Å²) in [4.78, 5) is 8.55. The molecule has 0 atom stereocenters. The minimum absolute atomic E-state index is 0.699. The number of para-hydroxylation sites is 1. The van der Waals surface area contributed by atoms with Crippen molar-refractivity contribution in [3.63, 3.8) is 0 Å². The number of nitrogens with two attached hydrogens (primary N) is 1. The van der Waals surface area contributed by atoms with E-state index in [4.69, 9.17) is 5.73 Å². The van der Waals surface area contributed by atoms with Gasteiger partial charge in [-0.25, -0.2) is 4.98 Å². The van der Waals surface area contributed by atoms with Gasteiger partial charge in [0.15, 0.2) is 0 Å². The van der Waals surface area contributed by atoms with Crippen LogP contribution in [0.2, 0.25) is 0 Å². The lowest BCUT2D eigenvalue weighted by Crippen LogP contribution is -2.00. The maximum Gasteiger partial charge on any atom is 0.112 e. The van der Waals surface area contributed by atoms with Crippen molar-refractivity contribution in [2.24, 2.45) is 0 Å². The van der Waals surface area contributed by atoms with Crippen LogP contribution in [-0.4, -0.2) is 9.97 Å². The van der Waals surface area contributed by atoms with Crippen LogP contribution in [0, 0.1) is 0 Å². The van der Waals surface area contributed by atoms with Gasteiger partial charge in [-0.3, -0.25) is 4.98 Å². The summed E-state index contributed by atoms with van der Waals surface area (Å²) in [6.45, 7) is 0.714. The van der Waals surface area contributed by atoms with E-state index in [1.165, 1.54) is 0 Å². The molecule has 1 aromatic carbocycles. The van der Waals surface area contributed by atoms with Crippen molar-refractivity contribution in [3.05, 3.63) is 47.0 Å². The molecule has 0 unspecified atom stereocenters. The highest BCUT2D eigenvalue weighted by atomic mass is 32.1. The summed E-state index contributed by atoms with van der Waals surface area (Å²) in [5.41, 5.74) is 8.48. The Morgan fingerprint density at radius 3 is 2.94 bits per heavy atom. The largest absolute Gasteiger partial charge is 0.397 e. The number of nitrogens with one attached hydrogen (secondary N) is 1. The number of nitrogen functional groups attached to an aromatic ring is 1. The van der Waals surface area contributed by atoms with Crippen LogP contribution in [0.1, 0.15) is 5.01 Å². The zero-order valence-electron chi connectivity index (χ0n) is 9.63. The molecule has 3 aromatic rings. The molecule has 90 valence electrons. The van der Waals surface area contributed by atoms with E-state index < -0.39 is 0 Å². The first-order chi connectivity index (χ1) is 8.84. The highest BCUT2D eigenvalue weighted by Gasteiger charge is 2.04. The number of hydrogen-bond donors (Lipinski definition) is 2. The molecule has 18 heavy (non-hydrogen) atoms. The summed E-state index contributed by atoms with van der Waals surface area (Å²) in [7, 11) is 0. The average molecular weight is 256 g/mol. The van der Waals surface area contributed by atoms with Crippen LogP contribution in [-0.2, 0) is 6.54 Å². The molecule has 0 saturated carbocycles. The first kappa shape index (κ1) is 11.0. The molecule has 0 saturated heterocycles. The van der Waals surface area contributed by atoms with Gasteiger partial charge in [-0.1, -0.05) is 12.1 Å². The molecule has 0 aliphatic heterocycles. The van der Waals surface area contributed by atoms with E-state index in [0.29, 0.717) is 12.2 Å². The molecule has 5 heteroatoms. The van der Waals surface area contributed by atoms with E-state index in [9.17, 15) is 0 Å². The molecule has 2 heterocycles. The molecule has 0 aliphatic rings. The fraction of sp³-hybridized carbons (Fsp3) is 0.0769. The van der Waals surface area contributed by atoms with Gasteiger partial charge in [-0.05, 0) is 12.1 Å². The van der Waals surface area contributed by atoms with Gasteiger partial charge in [0, 0.05) is 28.8 Å². The Bertz CT molecular complexity index is 664. The molecule has 3 rings (SSSR count). The Morgan fingerprint density at radius 2 is 2.11 bits per heavy atom. The molecule has 0 radical (unpaired) electrons. The highest BCUT2D eigenvalue weighted by Crippen LogP contribution is 2.25. The predicted octanol–water partition coefficient (Wildman–Crippen LogP) is 2.89. The van der Waals surface area contributed by atoms with Crippen molar-refractivity contribution >= 4 is 33.6 Å². The zero-order chi connectivity index (χ0) is 12.4. The van der Waals surface area contributed by atoms with E-state index in [1.807, 2.05) is 35.8 Å². The summed E-state index contributed by atoms with van der Waals surface area (Å²) in [5, 5.41) is 7.44.